The van der Waals surface area contributed by atoms with Crippen LogP contribution in [0.2, 0.25) is 0 Å². The molecule has 8 atom stereocenters. The molecule has 14 nitrogen and oxygen atoms in total. The summed E-state index contributed by atoms with van der Waals surface area (Å²) < 4.78 is 4.82. The van der Waals surface area contributed by atoms with Gasteiger partial charge in [0.25, 0.3) is 0 Å². The predicted octanol–water partition coefficient (Wildman–Crippen LogP) is 8.06. The zero-order chi connectivity index (χ0) is 43.1. The zero-order valence-corrected chi connectivity index (χ0v) is 35.7. The van der Waals surface area contributed by atoms with Gasteiger partial charge in [0.15, 0.2) is 0 Å². The van der Waals surface area contributed by atoms with Crippen molar-refractivity contribution in [3.63, 3.8) is 0 Å². The normalized spacial score (nSPS) is 25.9. The second-order valence-electron chi connectivity index (χ2n) is 18.9. The van der Waals surface area contributed by atoms with E-state index in [1.54, 1.807) is 0 Å². The van der Waals surface area contributed by atoms with Crippen molar-refractivity contribution in [3.05, 3.63) is 84.7 Å². The number of ether oxygens (including phenoxy) is 1. The summed E-state index contributed by atoms with van der Waals surface area (Å²) in [6, 6.07) is 19.2. The second-order valence-corrected chi connectivity index (χ2v) is 18.9. The molecule has 2 aromatic heterocycles. The Labute approximate surface area is 354 Å². The van der Waals surface area contributed by atoms with Gasteiger partial charge in [-0.15, -0.1) is 0 Å². The molecule has 0 bridgehead atoms. The fourth-order valence-electron chi connectivity index (χ4n) is 10.1. The van der Waals surface area contributed by atoms with Crippen molar-refractivity contribution >= 4 is 34.8 Å². The number of carbonyl (C=O) groups excluding carboxylic acids is 3. The number of aromatic nitrogens is 4. The molecule has 5 N–H and O–H groups in total. The largest absolute Gasteiger partial charge is 0.465 e. The van der Waals surface area contributed by atoms with E-state index in [0.717, 1.165) is 75.9 Å². The number of likely N-dealkylation sites (tertiary alicyclic amines) is 2. The number of hydrogen-bond acceptors (Lipinski definition) is 7. The van der Waals surface area contributed by atoms with Crippen LogP contribution in [0.5, 0.6) is 0 Å². The Morgan fingerprint density at radius 2 is 1.11 bits per heavy atom. The van der Waals surface area contributed by atoms with E-state index >= 15 is 0 Å². The van der Waals surface area contributed by atoms with E-state index in [4.69, 9.17) is 14.7 Å². The lowest BCUT2D eigenvalue weighted by Gasteiger charge is -2.31. The smallest absolute Gasteiger partial charge is 0.407 e. The van der Waals surface area contributed by atoms with E-state index in [-0.39, 0.29) is 58.6 Å². The highest BCUT2D eigenvalue weighted by Crippen LogP contribution is 2.64. The first kappa shape index (κ1) is 40.2. The van der Waals surface area contributed by atoms with Crippen LogP contribution in [0.25, 0.3) is 44.4 Å². The molecule has 2 saturated carbocycles. The number of alkyl carbamates (subject to hydrolysis) is 1. The molecule has 9 rings (SSSR count). The number of H-pyrrole nitrogens is 2. The molecule has 2 aliphatic heterocycles. The SMILES string of the molecule is COC(=O)N[C@H](C(=O)N1[C@H](c2nc(-c3ccc4cc(-c5ccc(-c6c[nH]c([C@@H]7C[C@@]8(C)C[C@H]8N7C(=O)[C@@H](NC(=O)O)C(C)C)n6)cc5)ccc4c3)c[nH]2)C[C@]2(C)C[C@@H]12)C(C)C. The second kappa shape index (κ2) is 14.8. The van der Waals surface area contributed by atoms with E-state index < -0.39 is 24.3 Å². The third-order valence-electron chi connectivity index (χ3n) is 13.9. The molecular formula is C47H54N8O6. The van der Waals surface area contributed by atoms with E-state index in [0.29, 0.717) is 5.82 Å². The molecule has 4 heterocycles. The molecule has 5 aromatic rings. The van der Waals surface area contributed by atoms with E-state index in [1.807, 2.05) is 49.9 Å². The number of benzene rings is 3. The van der Waals surface area contributed by atoms with Crippen LogP contribution in [0.4, 0.5) is 9.59 Å². The van der Waals surface area contributed by atoms with Gasteiger partial charge in [0, 0.05) is 35.6 Å². The van der Waals surface area contributed by atoms with Crippen LogP contribution in [0.1, 0.15) is 91.0 Å². The number of imidazole rings is 2. The maximum Gasteiger partial charge on any atom is 0.407 e. The van der Waals surface area contributed by atoms with Crippen molar-refractivity contribution in [1.29, 1.82) is 0 Å². The Balaban J connectivity index is 0.895. The standard InChI is InChI=1S/C47H54N8O6/c1-24(2)38(52-44(58)59)42(56)54-34(18-46(5)20-36(46)54)40-48-22-32(50-40)27-10-8-26(9-11-27)28-12-13-30-17-31(15-14-29(30)16-28)33-23-49-41(51-33)35-19-47(6)21-37(47)55(35)43(57)39(25(3)4)53-45(60)61-7/h8-17,22-25,34-39,52H,18-21H2,1-7H3,(H,48,50)(H,49,51)(H,53,60)(H,58,59)/t34-,35-,36+,37+,38-,39-,46-,47+/m0/s1. The Kier molecular flexibility index (Phi) is 9.74. The van der Waals surface area contributed by atoms with Crippen LogP contribution in [-0.2, 0) is 14.3 Å². The topological polar surface area (TPSA) is 186 Å². The number of aromatic amines is 2. The van der Waals surface area contributed by atoms with Crippen LogP contribution < -0.4 is 10.6 Å². The maximum absolute atomic E-state index is 14.0. The summed E-state index contributed by atoms with van der Waals surface area (Å²) in [6.45, 7) is 12.0. The van der Waals surface area contributed by atoms with Gasteiger partial charge < -0.3 is 40.2 Å². The summed E-state index contributed by atoms with van der Waals surface area (Å²) in [5.74, 6) is 0.847. The van der Waals surface area contributed by atoms with Crippen LogP contribution in [0.15, 0.2) is 73.1 Å². The molecule has 2 aliphatic carbocycles. The summed E-state index contributed by atoms with van der Waals surface area (Å²) in [6.07, 6.45) is 5.40. The number of methoxy groups -OCH3 is 1. The van der Waals surface area contributed by atoms with Gasteiger partial charge in [-0.3, -0.25) is 9.59 Å². The fraction of sp³-hybridized carbons (Fsp3) is 0.447. The van der Waals surface area contributed by atoms with E-state index in [1.165, 1.54) is 7.11 Å². The molecule has 4 fully saturated rings. The van der Waals surface area contributed by atoms with Crippen molar-refractivity contribution in [3.8, 4) is 33.6 Å². The molecule has 61 heavy (non-hydrogen) atoms. The Morgan fingerprint density at radius 1 is 0.672 bits per heavy atom. The predicted molar refractivity (Wildman–Crippen MR) is 230 cm³/mol. The van der Waals surface area contributed by atoms with Crippen LogP contribution in [-0.4, -0.2) is 90.1 Å². The molecule has 0 radical (unpaired) electrons. The lowest BCUT2D eigenvalue weighted by atomic mass is 9.98. The van der Waals surface area contributed by atoms with Crippen LogP contribution in [0.3, 0.4) is 0 Å². The average Bonchev–Trinajstić information content (AvgIpc) is 3.68. The summed E-state index contributed by atoms with van der Waals surface area (Å²) >= 11 is 0. The number of rotatable bonds is 11. The molecule has 4 amide bonds. The van der Waals surface area contributed by atoms with Crippen molar-refractivity contribution < 1.29 is 29.0 Å². The first-order chi connectivity index (χ1) is 29.1. The number of nitrogens with zero attached hydrogens (tertiary/aromatic N) is 4. The number of piperidine rings is 2. The quantitative estimate of drug-likeness (QED) is 0.0885. The third kappa shape index (κ3) is 7.19. The molecule has 0 spiro atoms. The monoisotopic (exact) mass is 826 g/mol. The van der Waals surface area contributed by atoms with Gasteiger partial charge >= 0.3 is 12.2 Å². The first-order valence-corrected chi connectivity index (χ1v) is 21.3. The van der Waals surface area contributed by atoms with Gasteiger partial charge in [0.05, 0.1) is 30.6 Å². The highest BCUT2D eigenvalue weighted by molar-refractivity contribution is 5.91. The van der Waals surface area contributed by atoms with Gasteiger partial charge in [-0.05, 0) is 82.4 Å². The number of hydrogen-bond donors (Lipinski definition) is 5. The molecule has 2 saturated heterocycles. The summed E-state index contributed by atoms with van der Waals surface area (Å²) in [4.78, 5) is 71.9. The highest BCUT2D eigenvalue weighted by atomic mass is 16.5. The lowest BCUT2D eigenvalue weighted by molar-refractivity contribution is -0.137. The Hall–Kier alpha value is -6.18. The minimum atomic E-state index is -1.20. The molecule has 3 aromatic carbocycles. The van der Waals surface area contributed by atoms with Crippen molar-refractivity contribution in [2.45, 2.75) is 103 Å². The van der Waals surface area contributed by atoms with Crippen LogP contribution >= 0.6 is 0 Å². The third-order valence-corrected chi connectivity index (χ3v) is 13.9. The van der Waals surface area contributed by atoms with Crippen LogP contribution in [0, 0.1) is 22.7 Å². The van der Waals surface area contributed by atoms with Crippen molar-refractivity contribution in [2.75, 3.05) is 7.11 Å². The van der Waals surface area contributed by atoms with E-state index in [9.17, 15) is 24.3 Å². The number of fused-ring (bicyclic) bond motifs is 3. The minimum absolute atomic E-state index is 0.00795. The number of nitrogens with one attached hydrogen (secondary N) is 4. The number of carboxylic acid groups (broad SMARTS) is 1. The number of amides is 4. The Morgan fingerprint density at radius 3 is 1.61 bits per heavy atom. The molecule has 0 unspecified atom stereocenters. The Bertz CT molecular complexity index is 2550. The van der Waals surface area contributed by atoms with Crippen molar-refractivity contribution in [1.82, 2.24) is 40.4 Å². The first-order valence-electron chi connectivity index (χ1n) is 21.3. The van der Waals surface area contributed by atoms with E-state index in [2.05, 4.69) is 95.1 Å². The molecule has 4 aliphatic rings. The average molecular weight is 827 g/mol. The molecule has 318 valence electrons. The van der Waals surface area contributed by atoms with Gasteiger partial charge in [-0.1, -0.05) is 90.1 Å². The van der Waals surface area contributed by atoms with Gasteiger partial charge in [-0.2, -0.15) is 0 Å². The highest BCUT2D eigenvalue weighted by Gasteiger charge is 2.65. The summed E-state index contributed by atoms with van der Waals surface area (Å²) in [7, 11) is 1.30. The minimum Gasteiger partial charge on any atom is -0.465 e. The summed E-state index contributed by atoms with van der Waals surface area (Å²) in [5, 5.41) is 16.8. The number of carbonyl (C=O) groups is 4. The van der Waals surface area contributed by atoms with Crippen molar-refractivity contribution in [2.24, 2.45) is 22.7 Å². The fourth-order valence-corrected chi connectivity index (χ4v) is 10.1. The lowest BCUT2D eigenvalue weighted by Crippen LogP contribution is -2.52. The molecule has 14 heteroatoms. The van der Waals surface area contributed by atoms with Gasteiger partial charge in [0.1, 0.15) is 23.7 Å². The zero-order valence-electron chi connectivity index (χ0n) is 35.7. The summed E-state index contributed by atoms with van der Waals surface area (Å²) in [5.41, 5.74) is 5.69. The molecular weight excluding hydrogens is 773 g/mol. The van der Waals surface area contributed by atoms with Gasteiger partial charge in [-0.25, -0.2) is 19.6 Å². The van der Waals surface area contributed by atoms with Gasteiger partial charge in [0.2, 0.25) is 11.8 Å². The maximum atomic E-state index is 14.0.